The number of halogens is 2. The van der Waals surface area contributed by atoms with E-state index in [4.69, 9.17) is 4.74 Å². The van der Waals surface area contributed by atoms with Crippen molar-refractivity contribution in [3.8, 4) is 6.07 Å². The number of anilines is 1. The van der Waals surface area contributed by atoms with Crippen LogP contribution < -0.4 is 10.2 Å². The van der Waals surface area contributed by atoms with Crippen LogP contribution in [0.1, 0.15) is 69.1 Å². The van der Waals surface area contributed by atoms with Gasteiger partial charge in [-0.3, -0.25) is 14.5 Å². The van der Waals surface area contributed by atoms with E-state index in [2.05, 4.69) is 34.2 Å². The zero-order valence-corrected chi connectivity index (χ0v) is 29.2. The molecule has 0 bridgehead atoms. The minimum atomic E-state index is -0.768. The van der Waals surface area contributed by atoms with Crippen molar-refractivity contribution < 1.29 is 23.1 Å². The molecular formula is C39H51F2N5O3. The summed E-state index contributed by atoms with van der Waals surface area (Å²) in [5.74, 6) is -0.169. The number of hydrogen-bond donors (Lipinski definition) is 1. The molecule has 8 nitrogen and oxygen atoms in total. The number of likely N-dealkylation sites (tertiary alicyclic amines) is 2. The molecule has 3 atom stereocenters. The van der Waals surface area contributed by atoms with Gasteiger partial charge in [-0.25, -0.2) is 8.78 Å². The first-order valence-corrected chi connectivity index (χ1v) is 18.0. The van der Waals surface area contributed by atoms with Gasteiger partial charge in [0.25, 0.3) is 0 Å². The maximum Gasteiger partial charge on any atom is 0.305 e. The molecule has 1 aliphatic carbocycles. The molecule has 0 unspecified atom stereocenters. The zero-order chi connectivity index (χ0) is 34.8. The van der Waals surface area contributed by atoms with Crippen molar-refractivity contribution in [1.29, 1.82) is 5.26 Å². The number of methoxy groups -OCH3 is 1. The van der Waals surface area contributed by atoms with E-state index >= 15 is 0 Å². The highest BCUT2D eigenvalue weighted by Gasteiger charge is 2.52. The summed E-state index contributed by atoms with van der Waals surface area (Å²) in [6.07, 6.45) is 4.26. The van der Waals surface area contributed by atoms with E-state index in [-0.39, 0.29) is 40.9 Å². The normalized spacial score (nSPS) is 24.4. The highest BCUT2D eigenvalue weighted by atomic mass is 19.1. The SMILES string of the molecule is COC(=O)C[C@H]1CCC[C@@H]1[C@](CNC(C)=O)(c1cccc(F)c1)C1CCN(CC2(C)CN(c3ccc(C#N)c(CN4CC(F)C4)c3)C2)CC1. The van der Waals surface area contributed by atoms with Crippen LogP contribution in [0.25, 0.3) is 0 Å². The summed E-state index contributed by atoms with van der Waals surface area (Å²) in [7, 11) is 1.43. The molecule has 1 amide bonds. The Hall–Kier alpha value is -3.55. The van der Waals surface area contributed by atoms with Gasteiger partial charge in [-0.05, 0) is 98.0 Å². The predicted octanol–water partition coefficient (Wildman–Crippen LogP) is 5.44. The lowest BCUT2D eigenvalue weighted by Gasteiger charge is -2.54. The molecule has 4 aliphatic rings. The van der Waals surface area contributed by atoms with E-state index in [1.54, 1.807) is 12.1 Å². The lowest BCUT2D eigenvalue weighted by atomic mass is 9.57. The van der Waals surface area contributed by atoms with Crippen LogP contribution >= 0.6 is 0 Å². The summed E-state index contributed by atoms with van der Waals surface area (Å²) in [6, 6.07) is 15.2. The van der Waals surface area contributed by atoms with Gasteiger partial charge in [0.05, 0.1) is 18.7 Å². The highest BCUT2D eigenvalue weighted by Crippen LogP contribution is 2.53. The molecule has 1 saturated carbocycles. The van der Waals surface area contributed by atoms with E-state index in [0.717, 1.165) is 81.6 Å². The Morgan fingerprint density at radius 3 is 2.49 bits per heavy atom. The first-order chi connectivity index (χ1) is 23.5. The fraction of sp³-hybridized carbons (Fsp3) is 0.615. The number of amides is 1. The fourth-order valence-electron chi connectivity index (χ4n) is 9.63. The smallest absolute Gasteiger partial charge is 0.305 e. The van der Waals surface area contributed by atoms with Crippen molar-refractivity contribution in [1.82, 2.24) is 15.1 Å². The predicted molar refractivity (Wildman–Crippen MR) is 185 cm³/mol. The number of carbonyl (C=O) groups is 2. The number of rotatable bonds is 12. The number of alkyl halides is 1. The third-order valence-electron chi connectivity index (χ3n) is 11.9. The third-order valence-corrected chi connectivity index (χ3v) is 11.9. The molecular weight excluding hydrogens is 624 g/mol. The van der Waals surface area contributed by atoms with Crippen molar-refractivity contribution in [2.75, 3.05) is 64.4 Å². The lowest BCUT2D eigenvalue weighted by molar-refractivity contribution is -0.142. The number of nitrogens with zero attached hydrogens (tertiary/aromatic N) is 4. The van der Waals surface area contributed by atoms with Crippen molar-refractivity contribution >= 4 is 17.6 Å². The van der Waals surface area contributed by atoms with Crippen LogP contribution in [0.4, 0.5) is 14.5 Å². The summed E-state index contributed by atoms with van der Waals surface area (Å²) < 4.78 is 33.4. The van der Waals surface area contributed by atoms with Crippen molar-refractivity contribution in [3.63, 3.8) is 0 Å². The first-order valence-electron chi connectivity index (χ1n) is 18.0. The average molecular weight is 676 g/mol. The summed E-state index contributed by atoms with van der Waals surface area (Å²) >= 11 is 0. The largest absolute Gasteiger partial charge is 0.469 e. The van der Waals surface area contributed by atoms with Crippen LogP contribution in [0.5, 0.6) is 0 Å². The van der Waals surface area contributed by atoms with Crippen LogP contribution in [0.2, 0.25) is 0 Å². The van der Waals surface area contributed by atoms with E-state index < -0.39 is 11.6 Å². The van der Waals surface area contributed by atoms with Gasteiger partial charge >= 0.3 is 5.97 Å². The molecule has 2 aromatic rings. The third kappa shape index (κ3) is 7.63. The zero-order valence-electron chi connectivity index (χ0n) is 29.2. The molecule has 1 N–H and O–H groups in total. The molecule has 0 radical (unpaired) electrons. The second-order valence-corrected chi connectivity index (χ2v) is 15.5. The minimum absolute atomic E-state index is 0.105. The fourth-order valence-corrected chi connectivity index (χ4v) is 9.63. The van der Waals surface area contributed by atoms with Gasteiger partial charge in [0.2, 0.25) is 5.91 Å². The molecule has 6 rings (SSSR count). The van der Waals surface area contributed by atoms with Crippen LogP contribution in [0, 0.1) is 40.3 Å². The maximum atomic E-state index is 14.9. The second-order valence-electron chi connectivity index (χ2n) is 15.5. The van der Waals surface area contributed by atoms with E-state index in [1.807, 2.05) is 23.1 Å². The van der Waals surface area contributed by atoms with E-state index in [1.165, 1.54) is 20.1 Å². The van der Waals surface area contributed by atoms with Crippen molar-refractivity contribution in [2.45, 2.75) is 70.5 Å². The number of nitriles is 1. The highest BCUT2D eigenvalue weighted by molar-refractivity contribution is 5.73. The number of benzene rings is 2. The maximum absolute atomic E-state index is 14.9. The number of nitrogens with one attached hydrogen (secondary N) is 1. The Balaban J connectivity index is 1.15. The van der Waals surface area contributed by atoms with Crippen molar-refractivity contribution in [2.24, 2.45) is 23.2 Å². The molecule has 3 saturated heterocycles. The Bertz CT molecular complexity index is 1540. The summed E-state index contributed by atoms with van der Waals surface area (Å²) in [6.45, 7) is 10.4. The van der Waals surface area contributed by atoms with Gasteiger partial charge in [-0.15, -0.1) is 0 Å². The van der Waals surface area contributed by atoms with Gasteiger partial charge in [0.15, 0.2) is 0 Å². The Labute approximate surface area is 289 Å². The summed E-state index contributed by atoms with van der Waals surface area (Å²) in [4.78, 5) is 31.9. The van der Waals surface area contributed by atoms with Gasteiger partial charge in [0, 0.05) is 75.7 Å². The molecule has 264 valence electrons. The van der Waals surface area contributed by atoms with Crippen LogP contribution in [-0.2, 0) is 26.3 Å². The molecule has 3 aliphatic heterocycles. The number of carbonyl (C=O) groups excluding carboxylic acids is 2. The second kappa shape index (κ2) is 14.7. The van der Waals surface area contributed by atoms with Gasteiger partial charge in [0.1, 0.15) is 12.0 Å². The minimum Gasteiger partial charge on any atom is -0.469 e. The number of ether oxygens (including phenoxy) is 1. The Morgan fingerprint density at radius 1 is 1.08 bits per heavy atom. The molecule has 49 heavy (non-hydrogen) atoms. The number of piperidine rings is 1. The number of esters is 1. The monoisotopic (exact) mass is 675 g/mol. The molecule has 2 aromatic carbocycles. The van der Waals surface area contributed by atoms with Gasteiger partial charge in [-0.2, -0.15) is 5.26 Å². The topological polar surface area (TPSA) is 88.9 Å². The Kier molecular flexibility index (Phi) is 10.6. The summed E-state index contributed by atoms with van der Waals surface area (Å²) in [5.41, 5.74) is 3.26. The average Bonchev–Trinajstić information content (AvgIpc) is 3.52. The first kappa shape index (κ1) is 35.3. The molecule has 4 fully saturated rings. The number of hydrogen-bond acceptors (Lipinski definition) is 7. The standard InChI is InChI=1S/C39H51F2N5O3/c1-27(47)43-23-39(32-7-5-8-33(40)18-32,36-9-4-6-28(36)17-37(48)49-3)31-12-14-44(15-13-31)24-38(2)25-46(26-38)35-11-10-29(19-42)30(16-35)20-45-21-34(41)22-45/h5,7-8,10-11,16,18,28,31,34,36H,4,6,9,12-15,17,20-26H2,1-3H3,(H,43,47)/t28-,36+,39+/m1/s1. The lowest BCUT2D eigenvalue weighted by Crippen LogP contribution is -2.61. The van der Waals surface area contributed by atoms with Crippen LogP contribution in [0.15, 0.2) is 42.5 Å². The van der Waals surface area contributed by atoms with Crippen molar-refractivity contribution in [3.05, 3.63) is 65.0 Å². The van der Waals surface area contributed by atoms with E-state index in [0.29, 0.717) is 38.2 Å². The van der Waals surface area contributed by atoms with Gasteiger partial charge in [-0.1, -0.05) is 25.5 Å². The quantitative estimate of drug-likeness (QED) is 0.300. The molecule has 0 aromatic heterocycles. The molecule has 10 heteroatoms. The Morgan fingerprint density at radius 2 is 1.84 bits per heavy atom. The molecule has 3 heterocycles. The van der Waals surface area contributed by atoms with E-state index in [9.17, 15) is 23.6 Å². The van der Waals surface area contributed by atoms with Gasteiger partial charge < -0.3 is 19.9 Å². The van der Waals surface area contributed by atoms with Crippen LogP contribution in [-0.4, -0.2) is 87.3 Å². The summed E-state index contributed by atoms with van der Waals surface area (Å²) in [5, 5.41) is 12.8. The molecule has 0 spiro atoms. The van der Waals surface area contributed by atoms with Crippen LogP contribution in [0.3, 0.4) is 0 Å².